The summed E-state index contributed by atoms with van der Waals surface area (Å²) < 4.78 is 12.3. The van der Waals surface area contributed by atoms with Crippen molar-refractivity contribution in [3.8, 4) is 0 Å². The summed E-state index contributed by atoms with van der Waals surface area (Å²) in [6.07, 6.45) is 2.68. The van der Waals surface area contributed by atoms with E-state index in [1.165, 1.54) is 7.11 Å². The number of carbonyl (C=O) groups excluding carboxylic acids is 1. The number of methoxy groups -OCH3 is 1. The minimum atomic E-state index is -0.251. The number of pyridine rings is 1. The summed E-state index contributed by atoms with van der Waals surface area (Å²) in [5.74, 6) is -0.481. The summed E-state index contributed by atoms with van der Waals surface area (Å²) in [7, 11) is 1.40. The first-order valence-electron chi connectivity index (χ1n) is 6.86. The van der Waals surface area contributed by atoms with Crippen LogP contribution in [0.2, 0.25) is 0 Å². The molecule has 0 spiro atoms. The van der Waals surface area contributed by atoms with E-state index in [2.05, 4.69) is 18.1 Å². The molecule has 0 bridgehead atoms. The van der Waals surface area contributed by atoms with Crippen LogP contribution in [0.15, 0.2) is 24.4 Å². The van der Waals surface area contributed by atoms with E-state index in [1.807, 2.05) is 29.8 Å². The molecule has 2 aromatic heterocycles. The van der Waals surface area contributed by atoms with Crippen molar-refractivity contribution in [3.05, 3.63) is 35.7 Å². The number of epoxide rings is 1. The van der Waals surface area contributed by atoms with Crippen LogP contribution >= 0.6 is 0 Å². The van der Waals surface area contributed by atoms with Crippen molar-refractivity contribution in [2.75, 3.05) is 7.11 Å². The number of carbonyl (C=O) groups is 1. The first kappa shape index (κ1) is 13.1. The molecule has 3 rings (SSSR count). The Morgan fingerprint density at radius 3 is 3.10 bits per heavy atom. The fraction of sp³-hybridized carbons (Fsp3) is 0.467. The Hall–Kier alpha value is -1.88. The number of hydrogen-bond acceptors (Lipinski definition) is 4. The number of rotatable bonds is 4. The van der Waals surface area contributed by atoms with Crippen LogP contribution in [0.3, 0.4) is 0 Å². The standard InChI is InChI=1S/C15H18N2O3/c1-4-10-8-12-11(6-5-7-17(12)16-10)14-13(20-14)9(2)15(18)19-3/h5-9,13-14H,4H2,1-3H3. The summed E-state index contributed by atoms with van der Waals surface area (Å²) >= 11 is 0. The van der Waals surface area contributed by atoms with Gasteiger partial charge in [0.2, 0.25) is 0 Å². The second kappa shape index (κ2) is 4.90. The quantitative estimate of drug-likeness (QED) is 0.633. The van der Waals surface area contributed by atoms with Crippen LogP contribution in [0.4, 0.5) is 0 Å². The number of aryl methyl sites for hydroxylation is 1. The smallest absolute Gasteiger partial charge is 0.311 e. The number of nitrogens with zero attached hydrogens (tertiary/aromatic N) is 2. The van der Waals surface area contributed by atoms with Gasteiger partial charge in [-0.25, -0.2) is 4.52 Å². The molecule has 1 fully saturated rings. The van der Waals surface area contributed by atoms with Crippen LogP contribution < -0.4 is 0 Å². The van der Waals surface area contributed by atoms with E-state index in [9.17, 15) is 4.79 Å². The molecule has 3 heterocycles. The number of esters is 1. The fourth-order valence-electron chi connectivity index (χ4n) is 2.58. The van der Waals surface area contributed by atoms with Crippen molar-refractivity contribution in [1.82, 2.24) is 9.61 Å². The van der Waals surface area contributed by atoms with E-state index < -0.39 is 0 Å². The van der Waals surface area contributed by atoms with Gasteiger partial charge in [-0.15, -0.1) is 0 Å². The molecule has 0 aromatic carbocycles. The lowest BCUT2D eigenvalue weighted by molar-refractivity contribution is -0.145. The van der Waals surface area contributed by atoms with Crippen molar-refractivity contribution in [2.45, 2.75) is 32.5 Å². The Morgan fingerprint density at radius 2 is 2.40 bits per heavy atom. The van der Waals surface area contributed by atoms with Gasteiger partial charge in [-0.05, 0) is 25.5 Å². The minimum Gasteiger partial charge on any atom is -0.469 e. The second-order valence-electron chi connectivity index (χ2n) is 5.12. The lowest BCUT2D eigenvalue weighted by Gasteiger charge is -2.05. The van der Waals surface area contributed by atoms with E-state index in [-0.39, 0.29) is 24.1 Å². The van der Waals surface area contributed by atoms with E-state index in [0.717, 1.165) is 23.2 Å². The molecule has 2 aromatic rings. The first-order chi connectivity index (χ1) is 9.65. The predicted molar refractivity (Wildman–Crippen MR) is 73.4 cm³/mol. The maximum Gasteiger partial charge on any atom is 0.311 e. The third-order valence-electron chi connectivity index (χ3n) is 3.85. The van der Waals surface area contributed by atoms with Crippen LogP contribution in [-0.2, 0) is 20.7 Å². The van der Waals surface area contributed by atoms with E-state index in [4.69, 9.17) is 9.47 Å². The molecule has 5 heteroatoms. The van der Waals surface area contributed by atoms with Crippen molar-refractivity contribution in [3.63, 3.8) is 0 Å². The average Bonchev–Trinajstić information content (AvgIpc) is 3.15. The lowest BCUT2D eigenvalue weighted by atomic mass is 10.0. The number of aromatic nitrogens is 2. The van der Waals surface area contributed by atoms with Crippen LogP contribution in [0, 0.1) is 5.92 Å². The average molecular weight is 274 g/mol. The molecular formula is C15H18N2O3. The second-order valence-corrected chi connectivity index (χ2v) is 5.12. The molecule has 3 atom stereocenters. The molecular weight excluding hydrogens is 256 g/mol. The molecule has 0 amide bonds. The molecule has 1 saturated heterocycles. The highest BCUT2D eigenvalue weighted by Crippen LogP contribution is 2.44. The van der Waals surface area contributed by atoms with Crippen LogP contribution in [0.5, 0.6) is 0 Å². The Labute approximate surface area is 117 Å². The summed E-state index contributed by atoms with van der Waals surface area (Å²) in [6.45, 7) is 3.92. The highest BCUT2D eigenvalue weighted by Gasteiger charge is 2.48. The maximum atomic E-state index is 11.6. The van der Waals surface area contributed by atoms with E-state index in [0.29, 0.717) is 0 Å². The van der Waals surface area contributed by atoms with Crippen LogP contribution in [0.25, 0.3) is 5.52 Å². The summed E-state index contributed by atoms with van der Waals surface area (Å²) in [5.41, 5.74) is 3.19. The molecule has 20 heavy (non-hydrogen) atoms. The van der Waals surface area contributed by atoms with Gasteiger partial charge in [0.15, 0.2) is 0 Å². The van der Waals surface area contributed by atoms with Crippen LogP contribution in [-0.4, -0.2) is 28.8 Å². The van der Waals surface area contributed by atoms with Gasteiger partial charge in [-0.1, -0.05) is 13.0 Å². The fourth-order valence-corrected chi connectivity index (χ4v) is 2.58. The van der Waals surface area contributed by atoms with Gasteiger partial charge < -0.3 is 9.47 Å². The van der Waals surface area contributed by atoms with Crippen molar-refractivity contribution >= 4 is 11.5 Å². The Balaban J connectivity index is 1.89. The van der Waals surface area contributed by atoms with Gasteiger partial charge in [0.05, 0.1) is 24.2 Å². The molecule has 1 aliphatic heterocycles. The molecule has 0 radical (unpaired) electrons. The van der Waals surface area contributed by atoms with E-state index in [1.54, 1.807) is 0 Å². The Morgan fingerprint density at radius 1 is 1.60 bits per heavy atom. The summed E-state index contributed by atoms with van der Waals surface area (Å²) in [5, 5.41) is 4.49. The van der Waals surface area contributed by atoms with Gasteiger partial charge in [0, 0.05) is 11.8 Å². The number of hydrogen-bond donors (Lipinski definition) is 0. The molecule has 0 N–H and O–H groups in total. The highest BCUT2D eigenvalue weighted by molar-refractivity contribution is 5.73. The third-order valence-corrected chi connectivity index (χ3v) is 3.85. The third kappa shape index (κ3) is 2.08. The monoisotopic (exact) mass is 274 g/mol. The summed E-state index contributed by atoms with van der Waals surface area (Å²) in [6, 6.07) is 6.07. The molecule has 3 unspecified atom stereocenters. The Kier molecular flexibility index (Phi) is 3.22. The number of fused-ring (bicyclic) bond motifs is 1. The molecule has 0 aliphatic carbocycles. The molecule has 1 aliphatic rings. The normalized spacial score (nSPS) is 22.8. The van der Waals surface area contributed by atoms with Crippen molar-refractivity contribution in [2.24, 2.45) is 5.92 Å². The topological polar surface area (TPSA) is 56.1 Å². The van der Waals surface area contributed by atoms with E-state index >= 15 is 0 Å². The van der Waals surface area contributed by atoms with Gasteiger partial charge in [-0.3, -0.25) is 4.79 Å². The van der Waals surface area contributed by atoms with Gasteiger partial charge in [0.25, 0.3) is 0 Å². The zero-order valence-corrected chi connectivity index (χ0v) is 11.9. The maximum absolute atomic E-state index is 11.6. The Bertz CT molecular complexity index is 650. The molecule has 5 nitrogen and oxygen atoms in total. The molecule has 0 saturated carbocycles. The van der Waals surface area contributed by atoms with Crippen molar-refractivity contribution < 1.29 is 14.3 Å². The van der Waals surface area contributed by atoms with Gasteiger partial charge >= 0.3 is 5.97 Å². The SMILES string of the molecule is CCc1cc2c(C3OC3C(C)C(=O)OC)cccn2n1. The van der Waals surface area contributed by atoms with Crippen molar-refractivity contribution in [1.29, 1.82) is 0 Å². The molecule has 106 valence electrons. The van der Waals surface area contributed by atoms with Gasteiger partial charge in [-0.2, -0.15) is 5.10 Å². The number of ether oxygens (including phenoxy) is 2. The zero-order chi connectivity index (χ0) is 14.3. The summed E-state index contributed by atoms with van der Waals surface area (Å²) in [4.78, 5) is 11.6. The van der Waals surface area contributed by atoms with Crippen LogP contribution in [0.1, 0.15) is 31.2 Å². The zero-order valence-electron chi connectivity index (χ0n) is 11.9. The highest BCUT2D eigenvalue weighted by atomic mass is 16.6. The van der Waals surface area contributed by atoms with Gasteiger partial charge in [0.1, 0.15) is 12.2 Å². The minimum absolute atomic E-state index is 0.0470. The first-order valence-corrected chi connectivity index (χ1v) is 6.86. The largest absolute Gasteiger partial charge is 0.469 e. The lowest BCUT2D eigenvalue weighted by Crippen LogP contribution is -2.18. The predicted octanol–water partition coefficient (Wildman–Crippen LogP) is 2.15.